The number of aryl methyl sites for hydroxylation is 1. The number of anilines is 2. The largest absolute Gasteiger partial charge is 0.280 e. The Bertz CT molecular complexity index is 1260. The Hall–Kier alpha value is -3.12. The minimum absolute atomic E-state index is 0.0282. The third-order valence-corrected chi connectivity index (χ3v) is 6.36. The molecule has 3 rings (SSSR count). The van der Waals surface area contributed by atoms with Crippen molar-refractivity contribution in [1.82, 2.24) is 9.97 Å². The van der Waals surface area contributed by atoms with Crippen LogP contribution < -0.4 is 9.44 Å². The summed E-state index contributed by atoms with van der Waals surface area (Å²) < 4.78 is 80.0. The molecule has 0 aliphatic heterocycles. The molecular formula is C17H14F2N4O4S2. The number of halogens is 2. The average Bonchev–Trinajstić information content (AvgIpc) is 2.63. The lowest BCUT2D eigenvalue weighted by Crippen LogP contribution is -2.16. The Balaban J connectivity index is 1.79. The van der Waals surface area contributed by atoms with E-state index in [1.54, 1.807) is 13.0 Å². The zero-order valence-electron chi connectivity index (χ0n) is 14.8. The van der Waals surface area contributed by atoms with E-state index >= 15 is 0 Å². The highest BCUT2D eigenvalue weighted by atomic mass is 32.2. The number of rotatable bonds is 6. The molecule has 0 fully saturated rings. The van der Waals surface area contributed by atoms with Gasteiger partial charge in [-0.3, -0.25) is 4.72 Å². The first kappa shape index (κ1) is 20.6. The Morgan fingerprint density at radius 3 is 2.03 bits per heavy atom. The van der Waals surface area contributed by atoms with Crippen LogP contribution in [0.3, 0.4) is 0 Å². The first-order chi connectivity index (χ1) is 13.6. The second-order valence-corrected chi connectivity index (χ2v) is 9.20. The molecule has 2 N–H and O–H groups in total. The van der Waals surface area contributed by atoms with E-state index in [1.807, 2.05) is 0 Å². The van der Waals surface area contributed by atoms with Crippen molar-refractivity contribution in [2.24, 2.45) is 0 Å². The van der Waals surface area contributed by atoms with E-state index in [1.165, 1.54) is 30.5 Å². The molecule has 152 valence electrons. The molecule has 0 radical (unpaired) electrons. The van der Waals surface area contributed by atoms with E-state index in [4.69, 9.17) is 0 Å². The summed E-state index contributed by atoms with van der Waals surface area (Å²) >= 11 is 0. The molecule has 0 saturated carbocycles. The first-order valence-electron chi connectivity index (χ1n) is 7.97. The smallest absolute Gasteiger partial charge is 0.264 e. The summed E-state index contributed by atoms with van der Waals surface area (Å²) in [6, 6.07) is 8.51. The van der Waals surface area contributed by atoms with Crippen molar-refractivity contribution < 1.29 is 25.6 Å². The summed E-state index contributed by atoms with van der Waals surface area (Å²) in [7, 11) is -8.19. The van der Waals surface area contributed by atoms with Crippen molar-refractivity contribution in [2.75, 3.05) is 9.44 Å². The molecule has 1 heterocycles. The maximum absolute atomic E-state index is 13.3. The van der Waals surface area contributed by atoms with Gasteiger partial charge >= 0.3 is 0 Å². The van der Waals surface area contributed by atoms with Crippen LogP contribution in [0.2, 0.25) is 0 Å². The molecule has 0 saturated heterocycles. The van der Waals surface area contributed by atoms with Crippen LogP contribution in [0.25, 0.3) is 0 Å². The van der Waals surface area contributed by atoms with Crippen molar-refractivity contribution in [3.63, 3.8) is 0 Å². The molecule has 0 atom stereocenters. The van der Waals surface area contributed by atoms with Crippen molar-refractivity contribution in [3.8, 4) is 0 Å². The highest BCUT2D eigenvalue weighted by molar-refractivity contribution is 7.93. The van der Waals surface area contributed by atoms with Crippen molar-refractivity contribution >= 4 is 31.7 Å². The molecule has 12 heteroatoms. The quantitative estimate of drug-likeness (QED) is 0.608. The summed E-state index contributed by atoms with van der Waals surface area (Å²) in [5.74, 6) is -2.59. The van der Waals surface area contributed by atoms with Crippen molar-refractivity contribution in [2.45, 2.75) is 16.7 Å². The lowest BCUT2D eigenvalue weighted by Gasteiger charge is -2.10. The van der Waals surface area contributed by atoms with Gasteiger partial charge < -0.3 is 0 Å². The molecule has 0 amide bonds. The number of hydrogen-bond donors (Lipinski definition) is 2. The van der Waals surface area contributed by atoms with Crippen LogP contribution in [-0.4, -0.2) is 26.8 Å². The molecule has 0 aliphatic carbocycles. The molecule has 3 aromatic rings. The van der Waals surface area contributed by atoms with E-state index < -0.39 is 36.6 Å². The van der Waals surface area contributed by atoms with E-state index in [9.17, 15) is 25.6 Å². The number of nitrogens with zero attached hydrogens (tertiary/aromatic N) is 2. The summed E-state index contributed by atoms with van der Waals surface area (Å²) in [5, 5.41) is 0. The standard InChI is InChI=1S/C17H14F2N4O4S2/c1-11-8-9-20-17(21-11)23-28(24,25)13-4-2-12(3-5-13)22-29(26,27)14-6-7-15(18)16(19)10-14/h2-10,22H,1H3,(H,20,21,23). The third kappa shape index (κ3) is 4.84. The van der Waals surface area contributed by atoms with Gasteiger partial charge in [0.25, 0.3) is 20.0 Å². The van der Waals surface area contributed by atoms with Gasteiger partial charge in [0.1, 0.15) is 0 Å². The molecule has 0 unspecified atom stereocenters. The number of benzene rings is 2. The van der Waals surface area contributed by atoms with Gasteiger partial charge in [0.2, 0.25) is 5.95 Å². The van der Waals surface area contributed by atoms with Gasteiger partial charge in [0, 0.05) is 17.6 Å². The van der Waals surface area contributed by atoms with Crippen LogP contribution in [0.4, 0.5) is 20.4 Å². The maximum atomic E-state index is 13.3. The second kappa shape index (κ2) is 7.72. The molecule has 0 bridgehead atoms. The monoisotopic (exact) mass is 440 g/mol. The molecule has 2 aromatic carbocycles. The highest BCUT2D eigenvalue weighted by Crippen LogP contribution is 2.21. The van der Waals surface area contributed by atoms with Crippen LogP contribution in [-0.2, 0) is 20.0 Å². The minimum atomic E-state index is -4.20. The first-order valence-corrected chi connectivity index (χ1v) is 10.9. The molecule has 0 spiro atoms. The lowest BCUT2D eigenvalue weighted by molar-refractivity contribution is 0.504. The fourth-order valence-electron chi connectivity index (χ4n) is 2.24. The van der Waals surface area contributed by atoms with E-state index in [2.05, 4.69) is 19.4 Å². The zero-order valence-corrected chi connectivity index (χ0v) is 16.4. The summed E-state index contributed by atoms with van der Waals surface area (Å²) in [4.78, 5) is 7.12. The molecule has 29 heavy (non-hydrogen) atoms. The summed E-state index contributed by atoms with van der Waals surface area (Å²) in [6.07, 6.45) is 1.40. The predicted molar refractivity (Wildman–Crippen MR) is 101 cm³/mol. The predicted octanol–water partition coefficient (Wildman–Crippen LogP) is 2.66. The second-order valence-electron chi connectivity index (χ2n) is 5.83. The Kier molecular flexibility index (Phi) is 5.48. The van der Waals surface area contributed by atoms with Crippen molar-refractivity contribution in [3.05, 3.63) is 72.1 Å². The summed E-state index contributed by atoms with van der Waals surface area (Å²) in [6.45, 7) is 1.67. The summed E-state index contributed by atoms with van der Waals surface area (Å²) in [5.41, 5.74) is 0.597. The number of aromatic nitrogens is 2. The van der Waals surface area contributed by atoms with Gasteiger partial charge in [0.05, 0.1) is 9.79 Å². The van der Waals surface area contributed by atoms with Crippen LogP contribution in [0, 0.1) is 18.6 Å². The van der Waals surface area contributed by atoms with Crippen LogP contribution in [0.5, 0.6) is 0 Å². The van der Waals surface area contributed by atoms with E-state index in [0.29, 0.717) is 17.8 Å². The lowest BCUT2D eigenvalue weighted by atomic mass is 10.3. The SMILES string of the molecule is Cc1ccnc(NS(=O)(=O)c2ccc(NS(=O)(=O)c3ccc(F)c(F)c3)cc2)n1. The highest BCUT2D eigenvalue weighted by Gasteiger charge is 2.19. The Morgan fingerprint density at radius 1 is 0.793 bits per heavy atom. The third-order valence-electron chi connectivity index (χ3n) is 3.64. The normalized spacial score (nSPS) is 11.8. The van der Waals surface area contributed by atoms with Crippen LogP contribution >= 0.6 is 0 Å². The van der Waals surface area contributed by atoms with Crippen LogP contribution in [0.15, 0.2) is 64.5 Å². The number of nitrogens with one attached hydrogen (secondary N) is 2. The van der Waals surface area contributed by atoms with Gasteiger partial charge in [-0.25, -0.2) is 40.3 Å². The minimum Gasteiger partial charge on any atom is -0.280 e. The topological polar surface area (TPSA) is 118 Å². The van der Waals surface area contributed by atoms with E-state index in [0.717, 1.165) is 6.07 Å². The van der Waals surface area contributed by atoms with Gasteiger partial charge in [-0.15, -0.1) is 0 Å². The Morgan fingerprint density at radius 2 is 1.41 bits per heavy atom. The van der Waals surface area contributed by atoms with E-state index in [-0.39, 0.29) is 16.5 Å². The fraction of sp³-hybridized carbons (Fsp3) is 0.0588. The van der Waals surface area contributed by atoms with Gasteiger partial charge in [-0.05, 0) is 55.5 Å². The van der Waals surface area contributed by atoms with Crippen molar-refractivity contribution in [1.29, 1.82) is 0 Å². The fourth-order valence-corrected chi connectivity index (χ4v) is 4.26. The maximum Gasteiger partial charge on any atom is 0.264 e. The molecular weight excluding hydrogens is 426 g/mol. The zero-order chi connectivity index (χ0) is 21.2. The Labute approximate surface area is 165 Å². The molecule has 8 nitrogen and oxygen atoms in total. The van der Waals surface area contributed by atoms with Gasteiger partial charge in [-0.2, -0.15) is 0 Å². The molecule has 1 aromatic heterocycles. The average molecular weight is 440 g/mol. The number of hydrogen-bond acceptors (Lipinski definition) is 6. The van der Waals surface area contributed by atoms with Gasteiger partial charge in [-0.1, -0.05) is 0 Å². The molecule has 0 aliphatic rings. The number of sulfonamides is 2. The van der Waals surface area contributed by atoms with Gasteiger partial charge in [0.15, 0.2) is 11.6 Å². The van der Waals surface area contributed by atoms with Crippen LogP contribution in [0.1, 0.15) is 5.69 Å².